The van der Waals surface area contributed by atoms with Gasteiger partial charge in [-0.05, 0) is 30.3 Å². The van der Waals surface area contributed by atoms with E-state index in [1.165, 1.54) is 36.7 Å². The van der Waals surface area contributed by atoms with Crippen molar-refractivity contribution in [1.82, 2.24) is 4.31 Å². The van der Waals surface area contributed by atoms with E-state index in [9.17, 15) is 13.2 Å². The first-order chi connectivity index (χ1) is 13.8. The minimum atomic E-state index is -3.72. The molecule has 0 saturated carbocycles. The Bertz CT molecular complexity index is 984. The predicted molar refractivity (Wildman–Crippen MR) is 109 cm³/mol. The molecule has 0 atom stereocenters. The summed E-state index contributed by atoms with van der Waals surface area (Å²) in [5, 5.41) is 2.87. The van der Waals surface area contributed by atoms with Crippen LogP contribution in [0.25, 0.3) is 0 Å². The Morgan fingerprint density at radius 3 is 2.28 bits per heavy atom. The first-order valence-electron chi connectivity index (χ1n) is 8.77. The fraction of sp³-hybridized carbons (Fsp3) is 0.316. The van der Waals surface area contributed by atoms with E-state index in [1.54, 1.807) is 18.2 Å². The molecule has 1 amide bonds. The molecule has 0 bridgehead atoms. The van der Waals surface area contributed by atoms with Crippen LogP contribution < -0.4 is 14.8 Å². The lowest BCUT2D eigenvalue weighted by atomic mass is 10.2. The van der Waals surface area contributed by atoms with Crippen molar-refractivity contribution in [2.45, 2.75) is 4.90 Å². The lowest BCUT2D eigenvalue weighted by Crippen LogP contribution is -2.40. The van der Waals surface area contributed by atoms with Gasteiger partial charge in [-0.2, -0.15) is 4.31 Å². The number of methoxy groups -OCH3 is 2. The van der Waals surface area contributed by atoms with Gasteiger partial charge in [0.05, 0.1) is 43.0 Å². The van der Waals surface area contributed by atoms with Gasteiger partial charge in [0.1, 0.15) is 11.5 Å². The molecule has 1 heterocycles. The summed E-state index contributed by atoms with van der Waals surface area (Å²) < 4.78 is 42.6. The number of sulfonamides is 1. The molecule has 156 valence electrons. The van der Waals surface area contributed by atoms with E-state index in [0.29, 0.717) is 24.7 Å². The molecule has 1 N–H and O–H groups in total. The molecule has 1 aliphatic rings. The summed E-state index contributed by atoms with van der Waals surface area (Å²) in [4.78, 5) is 12.8. The zero-order valence-electron chi connectivity index (χ0n) is 16.0. The molecular weight excluding hydrogens is 420 g/mol. The van der Waals surface area contributed by atoms with Crippen molar-refractivity contribution in [2.24, 2.45) is 0 Å². The van der Waals surface area contributed by atoms with Gasteiger partial charge < -0.3 is 19.5 Å². The number of carbonyl (C=O) groups excluding carboxylic acids is 1. The minimum absolute atomic E-state index is 0.0438. The highest BCUT2D eigenvalue weighted by molar-refractivity contribution is 7.89. The highest BCUT2D eigenvalue weighted by Gasteiger charge is 2.27. The van der Waals surface area contributed by atoms with E-state index >= 15 is 0 Å². The molecule has 1 aliphatic heterocycles. The molecule has 0 unspecified atom stereocenters. The van der Waals surface area contributed by atoms with Gasteiger partial charge in [0.25, 0.3) is 5.91 Å². The van der Waals surface area contributed by atoms with Crippen LogP contribution >= 0.6 is 11.6 Å². The van der Waals surface area contributed by atoms with Crippen molar-refractivity contribution in [3.05, 3.63) is 47.0 Å². The largest absolute Gasteiger partial charge is 0.497 e. The molecule has 1 saturated heterocycles. The summed E-state index contributed by atoms with van der Waals surface area (Å²) in [6.07, 6.45) is 0. The second kappa shape index (κ2) is 9.00. The average molecular weight is 441 g/mol. The smallest absolute Gasteiger partial charge is 0.255 e. The van der Waals surface area contributed by atoms with E-state index in [0.717, 1.165) is 0 Å². The molecule has 0 radical (unpaired) electrons. The fourth-order valence-electron chi connectivity index (χ4n) is 2.83. The Labute approximate surface area is 174 Å². The van der Waals surface area contributed by atoms with Crippen LogP contribution in [0.2, 0.25) is 5.02 Å². The number of nitrogens with zero attached hydrogens (tertiary/aromatic N) is 1. The lowest BCUT2D eigenvalue weighted by Gasteiger charge is -2.26. The van der Waals surface area contributed by atoms with Crippen LogP contribution in [-0.4, -0.2) is 59.2 Å². The second-order valence-electron chi connectivity index (χ2n) is 6.21. The van der Waals surface area contributed by atoms with Gasteiger partial charge in [0.15, 0.2) is 0 Å². The quantitative estimate of drug-likeness (QED) is 0.742. The Kier molecular flexibility index (Phi) is 6.63. The van der Waals surface area contributed by atoms with Crippen molar-refractivity contribution < 1.29 is 27.4 Å². The summed E-state index contributed by atoms with van der Waals surface area (Å²) in [7, 11) is -0.761. The minimum Gasteiger partial charge on any atom is -0.497 e. The average Bonchev–Trinajstić information content (AvgIpc) is 2.75. The third kappa shape index (κ3) is 4.81. The van der Waals surface area contributed by atoms with Gasteiger partial charge in [0.2, 0.25) is 10.0 Å². The summed E-state index contributed by atoms with van der Waals surface area (Å²) >= 11 is 6.19. The van der Waals surface area contributed by atoms with Crippen molar-refractivity contribution in [3.8, 4) is 11.5 Å². The number of ether oxygens (including phenoxy) is 3. The molecule has 0 aromatic heterocycles. The van der Waals surface area contributed by atoms with Crippen LogP contribution in [0.1, 0.15) is 10.4 Å². The monoisotopic (exact) mass is 440 g/mol. The Morgan fingerprint density at radius 1 is 1.07 bits per heavy atom. The fourth-order valence-corrected chi connectivity index (χ4v) is 4.43. The zero-order chi connectivity index (χ0) is 21.0. The van der Waals surface area contributed by atoms with Crippen LogP contribution in [0.3, 0.4) is 0 Å². The highest BCUT2D eigenvalue weighted by atomic mass is 35.5. The Hall–Kier alpha value is -2.33. The first kappa shape index (κ1) is 21.4. The molecule has 2 aromatic rings. The predicted octanol–water partition coefficient (Wildman–Crippen LogP) is 2.63. The SMILES string of the molecule is COc1cc(OC)cc(C(=O)Nc2cc(S(=O)(=O)N3CCOCC3)ccc2Cl)c1. The molecule has 0 aliphatic carbocycles. The summed E-state index contributed by atoms with van der Waals surface area (Å²) in [5.74, 6) is 0.415. The maximum Gasteiger partial charge on any atom is 0.255 e. The molecule has 10 heteroatoms. The number of morpholine rings is 1. The van der Waals surface area contributed by atoms with Crippen molar-refractivity contribution in [3.63, 3.8) is 0 Å². The number of amides is 1. The number of nitrogens with one attached hydrogen (secondary N) is 1. The normalized spacial score (nSPS) is 15.0. The first-order valence-corrected chi connectivity index (χ1v) is 10.6. The standard InChI is InChI=1S/C19H21ClN2O6S/c1-26-14-9-13(10-15(11-14)27-2)19(23)21-18-12-16(3-4-17(18)20)29(24,25)22-5-7-28-8-6-22/h3-4,9-12H,5-8H2,1-2H3,(H,21,23). The maximum absolute atomic E-state index is 12.9. The van der Waals surface area contributed by atoms with E-state index in [2.05, 4.69) is 5.32 Å². The highest BCUT2D eigenvalue weighted by Crippen LogP contribution is 2.29. The number of hydrogen-bond acceptors (Lipinski definition) is 6. The second-order valence-corrected chi connectivity index (χ2v) is 8.56. The van der Waals surface area contributed by atoms with Gasteiger partial charge in [-0.1, -0.05) is 11.6 Å². The zero-order valence-corrected chi connectivity index (χ0v) is 17.5. The van der Waals surface area contributed by atoms with Gasteiger partial charge in [-0.15, -0.1) is 0 Å². The van der Waals surface area contributed by atoms with Crippen molar-refractivity contribution in [2.75, 3.05) is 45.8 Å². The van der Waals surface area contributed by atoms with E-state index in [4.69, 9.17) is 25.8 Å². The van der Waals surface area contributed by atoms with E-state index < -0.39 is 15.9 Å². The molecular formula is C19H21ClN2O6S. The van der Waals surface area contributed by atoms with Crippen LogP contribution in [0.4, 0.5) is 5.69 Å². The van der Waals surface area contributed by atoms with E-state index in [1.807, 2.05) is 0 Å². The van der Waals surface area contributed by atoms with Gasteiger partial charge in [0, 0.05) is 24.7 Å². The summed E-state index contributed by atoms with van der Waals surface area (Å²) in [5.41, 5.74) is 0.464. The van der Waals surface area contributed by atoms with Gasteiger partial charge in [-0.25, -0.2) is 8.42 Å². The van der Waals surface area contributed by atoms with Crippen molar-refractivity contribution >= 4 is 33.2 Å². The number of rotatable bonds is 6. The lowest BCUT2D eigenvalue weighted by molar-refractivity contribution is 0.0730. The van der Waals surface area contributed by atoms with Gasteiger partial charge >= 0.3 is 0 Å². The third-order valence-corrected chi connectivity index (χ3v) is 6.63. The van der Waals surface area contributed by atoms with Gasteiger partial charge in [-0.3, -0.25) is 4.79 Å². The van der Waals surface area contributed by atoms with Crippen LogP contribution in [-0.2, 0) is 14.8 Å². The molecule has 8 nitrogen and oxygen atoms in total. The number of carbonyl (C=O) groups is 1. The summed E-state index contributed by atoms with van der Waals surface area (Å²) in [6.45, 7) is 1.23. The Balaban J connectivity index is 1.88. The molecule has 3 rings (SSSR count). The molecule has 29 heavy (non-hydrogen) atoms. The van der Waals surface area contributed by atoms with Crippen LogP contribution in [0, 0.1) is 0 Å². The number of benzene rings is 2. The van der Waals surface area contributed by atoms with Crippen LogP contribution in [0.5, 0.6) is 11.5 Å². The topological polar surface area (TPSA) is 94.2 Å². The summed E-state index contributed by atoms with van der Waals surface area (Å²) in [6, 6.07) is 8.93. The Morgan fingerprint density at radius 2 is 1.69 bits per heavy atom. The number of anilines is 1. The number of hydrogen-bond donors (Lipinski definition) is 1. The van der Waals surface area contributed by atoms with Crippen molar-refractivity contribution in [1.29, 1.82) is 0 Å². The number of halogens is 1. The molecule has 2 aromatic carbocycles. The van der Waals surface area contributed by atoms with Crippen LogP contribution in [0.15, 0.2) is 41.3 Å². The van der Waals surface area contributed by atoms with E-state index in [-0.39, 0.29) is 34.3 Å². The maximum atomic E-state index is 12.9. The molecule has 0 spiro atoms. The third-order valence-electron chi connectivity index (χ3n) is 4.41. The molecule has 1 fully saturated rings.